The van der Waals surface area contributed by atoms with Gasteiger partial charge in [0.25, 0.3) is 0 Å². The van der Waals surface area contributed by atoms with Gasteiger partial charge in [-0.25, -0.2) is 0 Å². The van der Waals surface area contributed by atoms with Crippen LogP contribution < -0.4 is 15.4 Å². The Morgan fingerprint density at radius 2 is 1.56 bits per heavy atom. The normalized spacial score (nSPS) is 17.2. The Hall–Kier alpha value is -3.46. The lowest BCUT2D eigenvalue weighted by molar-refractivity contribution is -0.131. The van der Waals surface area contributed by atoms with E-state index in [4.69, 9.17) is 9.47 Å². The number of rotatable bonds is 17. The summed E-state index contributed by atoms with van der Waals surface area (Å²) < 4.78 is 13.3. The van der Waals surface area contributed by atoms with Crippen LogP contribution >= 0.6 is 0 Å². The standard InChI is InChI=1S/C34H49N3O6/c1-23-8-12-26(13-9-23)42-20-7-6-17-36-32(41)33(2,3)16-21-43-34(4,5)15-18-35-27(38)14-19-37-30(39)28-24-10-11-25(22-24)29(28)31(37)40/h8-13,24-25,39-40H,6-7,14-22H2,1-5H3,(H,35,38)(H,36,41). The van der Waals surface area contributed by atoms with Gasteiger partial charge >= 0.3 is 0 Å². The Morgan fingerprint density at radius 1 is 0.907 bits per heavy atom. The SMILES string of the molecule is Cc1ccc(OCCCCNC(=O)C(C)(C)CCOC(C)(C)CCNC(=O)CCn2c(O)c3c(c2O)C2C=CC3C2)cc1. The minimum Gasteiger partial charge on any atom is -0.494 e. The number of allylic oxidation sites excluding steroid dienone is 2. The van der Waals surface area contributed by atoms with Gasteiger partial charge in [-0.15, -0.1) is 0 Å². The number of nitrogens with zero attached hydrogens (tertiary/aromatic N) is 1. The molecule has 9 heteroatoms. The molecule has 2 aliphatic rings. The predicted octanol–water partition coefficient (Wildman–Crippen LogP) is 5.43. The third kappa shape index (κ3) is 8.34. The van der Waals surface area contributed by atoms with E-state index in [2.05, 4.69) is 22.8 Å². The molecule has 1 aromatic heterocycles. The van der Waals surface area contributed by atoms with Crippen LogP contribution in [0.1, 0.15) is 94.7 Å². The first kappa shape index (κ1) is 32.5. The molecule has 2 amide bonds. The average Bonchev–Trinajstić information content (AvgIpc) is 3.63. The lowest BCUT2D eigenvalue weighted by atomic mass is 9.88. The van der Waals surface area contributed by atoms with Gasteiger partial charge in [-0.05, 0) is 65.0 Å². The van der Waals surface area contributed by atoms with Crippen molar-refractivity contribution in [2.75, 3.05) is 26.3 Å². The van der Waals surface area contributed by atoms with Crippen LogP contribution in [0.2, 0.25) is 0 Å². The maximum absolute atomic E-state index is 12.8. The number of ether oxygens (including phenoxy) is 2. The molecule has 0 radical (unpaired) electrons. The zero-order valence-corrected chi connectivity index (χ0v) is 26.4. The molecule has 0 fully saturated rings. The largest absolute Gasteiger partial charge is 0.494 e. The molecule has 236 valence electrons. The van der Waals surface area contributed by atoms with E-state index in [1.807, 2.05) is 58.9 Å². The fourth-order valence-corrected chi connectivity index (χ4v) is 5.77. The molecule has 9 nitrogen and oxygen atoms in total. The maximum Gasteiger partial charge on any atom is 0.225 e. The Labute approximate surface area is 255 Å². The van der Waals surface area contributed by atoms with Crippen molar-refractivity contribution in [3.05, 3.63) is 53.1 Å². The predicted molar refractivity (Wildman–Crippen MR) is 167 cm³/mol. The second-order valence-corrected chi connectivity index (χ2v) is 13.2. The van der Waals surface area contributed by atoms with Crippen LogP contribution in [0.5, 0.6) is 17.5 Å². The molecule has 2 unspecified atom stereocenters. The number of fused-ring (bicyclic) bond motifs is 5. The minimum absolute atomic E-state index is 0.00883. The van der Waals surface area contributed by atoms with Crippen molar-refractivity contribution in [3.63, 3.8) is 0 Å². The minimum atomic E-state index is -0.561. The molecule has 43 heavy (non-hydrogen) atoms. The summed E-state index contributed by atoms with van der Waals surface area (Å²) in [6.07, 6.45) is 8.11. The van der Waals surface area contributed by atoms with Gasteiger partial charge in [0.1, 0.15) is 5.75 Å². The Kier molecular flexibility index (Phi) is 10.5. The molecule has 2 bridgehead atoms. The van der Waals surface area contributed by atoms with Crippen molar-refractivity contribution < 1.29 is 29.3 Å². The fraction of sp³-hybridized carbons (Fsp3) is 0.588. The molecule has 0 spiro atoms. The van der Waals surface area contributed by atoms with Crippen molar-refractivity contribution in [2.24, 2.45) is 5.41 Å². The van der Waals surface area contributed by atoms with Gasteiger partial charge in [0.2, 0.25) is 11.8 Å². The zero-order chi connectivity index (χ0) is 31.2. The van der Waals surface area contributed by atoms with Crippen molar-refractivity contribution in [1.82, 2.24) is 15.2 Å². The molecule has 2 aliphatic carbocycles. The molecular formula is C34H49N3O6. The molecular weight excluding hydrogens is 546 g/mol. The van der Waals surface area contributed by atoms with Crippen molar-refractivity contribution >= 4 is 11.8 Å². The summed E-state index contributed by atoms with van der Waals surface area (Å²) in [6.45, 7) is 12.2. The lowest BCUT2D eigenvalue weighted by Crippen LogP contribution is -2.39. The van der Waals surface area contributed by atoms with Gasteiger partial charge in [-0.2, -0.15) is 0 Å². The lowest BCUT2D eigenvalue weighted by Gasteiger charge is -2.29. The summed E-state index contributed by atoms with van der Waals surface area (Å²) in [5, 5.41) is 27.2. The van der Waals surface area contributed by atoms with Crippen LogP contribution in [0.15, 0.2) is 36.4 Å². The first-order valence-corrected chi connectivity index (χ1v) is 15.6. The quantitative estimate of drug-likeness (QED) is 0.143. The number of benzene rings is 1. The number of aryl methyl sites for hydroxylation is 1. The zero-order valence-electron chi connectivity index (χ0n) is 26.4. The highest BCUT2D eigenvalue weighted by molar-refractivity contribution is 5.81. The van der Waals surface area contributed by atoms with E-state index >= 15 is 0 Å². The van der Waals surface area contributed by atoms with Crippen LogP contribution in [0.25, 0.3) is 0 Å². The number of aromatic hydroxyl groups is 2. The second-order valence-electron chi connectivity index (χ2n) is 13.2. The molecule has 0 aliphatic heterocycles. The summed E-state index contributed by atoms with van der Waals surface area (Å²) in [5.41, 5.74) is 1.79. The highest BCUT2D eigenvalue weighted by Crippen LogP contribution is 2.56. The van der Waals surface area contributed by atoms with Gasteiger partial charge in [0.15, 0.2) is 11.8 Å². The molecule has 0 saturated carbocycles. The third-order valence-electron chi connectivity index (χ3n) is 8.70. The van der Waals surface area contributed by atoms with E-state index in [9.17, 15) is 19.8 Å². The summed E-state index contributed by atoms with van der Waals surface area (Å²) in [7, 11) is 0. The van der Waals surface area contributed by atoms with Gasteiger partial charge in [-0.1, -0.05) is 43.7 Å². The third-order valence-corrected chi connectivity index (χ3v) is 8.70. The fourth-order valence-electron chi connectivity index (χ4n) is 5.77. The molecule has 1 heterocycles. The summed E-state index contributed by atoms with van der Waals surface area (Å²) in [6, 6.07) is 7.99. The molecule has 2 atom stereocenters. The number of hydrogen-bond donors (Lipinski definition) is 4. The van der Waals surface area contributed by atoms with Gasteiger partial charge in [0, 0.05) is 61.0 Å². The van der Waals surface area contributed by atoms with Crippen molar-refractivity contribution in [1.29, 1.82) is 0 Å². The highest BCUT2D eigenvalue weighted by atomic mass is 16.5. The molecule has 4 rings (SSSR count). The van der Waals surface area contributed by atoms with E-state index in [0.29, 0.717) is 39.1 Å². The van der Waals surface area contributed by atoms with E-state index in [0.717, 1.165) is 36.1 Å². The number of nitrogens with one attached hydrogen (secondary N) is 2. The van der Waals surface area contributed by atoms with Crippen LogP contribution in [0.4, 0.5) is 0 Å². The van der Waals surface area contributed by atoms with Crippen LogP contribution in [0, 0.1) is 12.3 Å². The number of hydrogen-bond acceptors (Lipinski definition) is 6. The van der Waals surface area contributed by atoms with Gasteiger partial charge < -0.3 is 30.3 Å². The van der Waals surface area contributed by atoms with Crippen LogP contribution in [-0.4, -0.2) is 58.5 Å². The topological polar surface area (TPSA) is 122 Å². The first-order valence-electron chi connectivity index (χ1n) is 15.6. The van der Waals surface area contributed by atoms with Crippen molar-refractivity contribution in [3.8, 4) is 17.5 Å². The molecule has 2 aromatic rings. The second kappa shape index (κ2) is 13.9. The van der Waals surface area contributed by atoms with Crippen molar-refractivity contribution in [2.45, 2.75) is 97.1 Å². The van der Waals surface area contributed by atoms with E-state index in [1.165, 1.54) is 10.1 Å². The smallest absolute Gasteiger partial charge is 0.225 e. The Balaban J connectivity index is 1.07. The highest BCUT2D eigenvalue weighted by Gasteiger charge is 2.41. The molecule has 1 aromatic carbocycles. The number of amides is 2. The number of carbonyl (C=O) groups excluding carboxylic acids is 2. The Bertz CT molecular complexity index is 1260. The summed E-state index contributed by atoms with van der Waals surface area (Å²) in [5.74, 6) is 1.19. The number of carbonyl (C=O) groups is 2. The van der Waals surface area contributed by atoms with E-state index in [-0.39, 0.29) is 48.4 Å². The van der Waals surface area contributed by atoms with Gasteiger partial charge in [0.05, 0.1) is 12.2 Å². The van der Waals surface area contributed by atoms with E-state index in [1.54, 1.807) is 0 Å². The van der Waals surface area contributed by atoms with Crippen LogP contribution in [0.3, 0.4) is 0 Å². The molecule has 0 saturated heterocycles. The first-order chi connectivity index (χ1) is 20.4. The molecule has 4 N–H and O–H groups in total. The van der Waals surface area contributed by atoms with Crippen LogP contribution in [-0.2, 0) is 20.9 Å². The maximum atomic E-state index is 12.8. The van der Waals surface area contributed by atoms with E-state index < -0.39 is 11.0 Å². The van der Waals surface area contributed by atoms with Gasteiger partial charge in [-0.3, -0.25) is 14.2 Å². The number of unbranched alkanes of at least 4 members (excludes halogenated alkanes) is 1. The average molecular weight is 596 g/mol. The summed E-state index contributed by atoms with van der Waals surface area (Å²) >= 11 is 0. The number of aromatic nitrogens is 1. The monoisotopic (exact) mass is 595 g/mol. The Morgan fingerprint density at radius 3 is 2.21 bits per heavy atom. The summed E-state index contributed by atoms with van der Waals surface area (Å²) in [4.78, 5) is 25.2.